The Labute approximate surface area is 185 Å². The monoisotopic (exact) mass is 443 g/mol. The Balaban J connectivity index is 1.67. The molecule has 0 saturated carbocycles. The van der Waals surface area contributed by atoms with Crippen LogP contribution in [0.3, 0.4) is 0 Å². The number of H-pyrrole nitrogens is 1. The van der Waals surface area contributed by atoms with Crippen molar-refractivity contribution in [1.29, 1.82) is 0 Å². The number of rotatable bonds is 6. The summed E-state index contributed by atoms with van der Waals surface area (Å²) in [5.41, 5.74) is 1.25. The van der Waals surface area contributed by atoms with Gasteiger partial charge in [0.1, 0.15) is 16.4 Å². The lowest BCUT2D eigenvalue weighted by molar-refractivity contribution is -0.129. The van der Waals surface area contributed by atoms with Gasteiger partial charge in [-0.2, -0.15) is 20.2 Å². The van der Waals surface area contributed by atoms with Crippen LogP contribution in [0.5, 0.6) is 0 Å². The van der Waals surface area contributed by atoms with E-state index in [1.807, 2.05) is 29.7 Å². The summed E-state index contributed by atoms with van der Waals surface area (Å²) in [5.74, 6) is 0.992. The van der Waals surface area contributed by atoms with Crippen molar-refractivity contribution in [1.82, 2.24) is 34.8 Å². The van der Waals surface area contributed by atoms with Crippen molar-refractivity contribution in [2.24, 2.45) is 0 Å². The molecule has 10 nitrogen and oxygen atoms in total. The molecule has 11 heteroatoms. The lowest BCUT2D eigenvalue weighted by atomic mass is 9.98. The van der Waals surface area contributed by atoms with Crippen LogP contribution in [0.25, 0.3) is 11.0 Å². The van der Waals surface area contributed by atoms with Crippen LogP contribution in [0.15, 0.2) is 25.0 Å². The molecule has 164 valence electrons. The Bertz CT molecular complexity index is 1110. The normalized spacial score (nSPS) is 18.9. The molecule has 0 radical (unpaired) electrons. The van der Waals surface area contributed by atoms with E-state index in [-0.39, 0.29) is 18.0 Å². The molecule has 0 aliphatic carbocycles. The summed E-state index contributed by atoms with van der Waals surface area (Å²) >= 11 is 6.38. The van der Waals surface area contributed by atoms with E-state index in [9.17, 15) is 4.79 Å². The fourth-order valence-corrected chi connectivity index (χ4v) is 4.13. The molecular weight excluding hydrogens is 418 g/mol. The molecule has 1 aliphatic heterocycles. The minimum absolute atomic E-state index is 0.0601. The number of piperidine rings is 1. The SMILES string of the molecule is C=CC(=O)N1C[C@H](N(C)c2nc(Nc3cnn(CC)c3)nc3n[nH]c(Cl)c23)CC[C@@H]1C. The van der Waals surface area contributed by atoms with Gasteiger partial charge in [0.05, 0.1) is 11.9 Å². The van der Waals surface area contributed by atoms with Crippen LogP contribution < -0.4 is 10.2 Å². The van der Waals surface area contributed by atoms with E-state index in [2.05, 4.69) is 44.0 Å². The van der Waals surface area contributed by atoms with Crippen molar-refractivity contribution in [3.63, 3.8) is 0 Å². The average molecular weight is 444 g/mol. The second-order valence-corrected chi connectivity index (χ2v) is 8.08. The number of amides is 1. The summed E-state index contributed by atoms with van der Waals surface area (Å²) in [6.45, 7) is 9.06. The number of likely N-dealkylation sites (N-methyl/N-ethyl adjacent to an activating group) is 1. The van der Waals surface area contributed by atoms with Gasteiger partial charge < -0.3 is 15.1 Å². The van der Waals surface area contributed by atoms with Crippen molar-refractivity contribution >= 4 is 46.0 Å². The number of halogens is 1. The van der Waals surface area contributed by atoms with Crippen molar-refractivity contribution in [2.75, 3.05) is 23.8 Å². The molecule has 0 bridgehead atoms. The minimum Gasteiger partial charge on any atom is -0.354 e. The fraction of sp³-hybridized carbons (Fsp3) is 0.450. The Morgan fingerprint density at radius 2 is 2.26 bits per heavy atom. The third-order valence-corrected chi connectivity index (χ3v) is 6.03. The number of likely N-dealkylation sites (tertiary alicyclic amines) is 1. The number of fused-ring (bicyclic) bond motifs is 1. The molecule has 0 aromatic carbocycles. The van der Waals surface area contributed by atoms with Crippen LogP contribution in [0, 0.1) is 0 Å². The van der Waals surface area contributed by atoms with Crippen molar-refractivity contribution < 1.29 is 4.79 Å². The zero-order valence-corrected chi connectivity index (χ0v) is 18.6. The summed E-state index contributed by atoms with van der Waals surface area (Å²) in [4.78, 5) is 25.4. The van der Waals surface area contributed by atoms with Gasteiger partial charge in [-0.1, -0.05) is 18.2 Å². The third-order valence-electron chi connectivity index (χ3n) is 5.76. The second kappa shape index (κ2) is 8.54. The molecule has 2 N–H and O–H groups in total. The Morgan fingerprint density at radius 1 is 1.45 bits per heavy atom. The first-order valence-electron chi connectivity index (χ1n) is 10.3. The number of anilines is 3. The molecule has 31 heavy (non-hydrogen) atoms. The lowest BCUT2D eigenvalue weighted by Crippen LogP contribution is -2.52. The van der Waals surface area contributed by atoms with Gasteiger partial charge in [0.25, 0.3) is 0 Å². The van der Waals surface area contributed by atoms with E-state index in [1.165, 1.54) is 6.08 Å². The number of aromatic amines is 1. The maximum atomic E-state index is 12.3. The summed E-state index contributed by atoms with van der Waals surface area (Å²) < 4.78 is 1.81. The Hall–Kier alpha value is -3.14. The van der Waals surface area contributed by atoms with E-state index < -0.39 is 0 Å². The first-order chi connectivity index (χ1) is 14.9. The molecule has 0 spiro atoms. The Morgan fingerprint density at radius 3 is 2.97 bits per heavy atom. The van der Waals surface area contributed by atoms with Crippen molar-refractivity contribution in [2.45, 2.75) is 45.3 Å². The van der Waals surface area contributed by atoms with Crippen LogP contribution in [-0.4, -0.2) is 66.4 Å². The number of carbonyl (C=O) groups is 1. The number of aryl methyl sites for hydroxylation is 1. The number of carbonyl (C=O) groups excluding carboxylic acids is 1. The van der Waals surface area contributed by atoms with Gasteiger partial charge in [-0.25, -0.2) is 0 Å². The van der Waals surface area contributed by atoms with Gasteiger partial charge in [-0.3, -0.25) is 14.6 Å². The summed E-state index contributed by atoms with van der Waals surface area (Å²) in [5, 5.41) is 15.5. The largest absolute Gasteiger partial charge is 0.354 e. The highest BCUT2D eigenvalue weighted by molar-refractivity contribution is 6.35. The number of hydrogen-bond acceptors (Lipinski definition) is 7. The molecule has 1 saturated heterocycles. The van der Waals surface area contributed by atoms with Gasteiger partial charge in [0.2, 0.25) is 11.9 Å². The van der Waals surface area contributed by atoms with Gasteiger partial charge in [0, 0.05) is 38.4 Å². The first-order valence-corrected chi connectivity index (χ1v) is 10.7. The van der Waals surface area contributed by atoms with Crippen LogP contribution >= 0.6 is 11.6 Å². The van der Waals surface area contributed by atoms with Crippen LogP contribution in [0.4, 0.5) is 17.5 Å². The van der Waals surface area contributed by atoms with E-state index in [1.54, 1.807) is 6.20 Å². The van der Waals surface area contributed by atoms with Crippen molar-refractivity contribution in [3.05, 3.63) is 30.2 Å². The maximum Gasteiger partial charge on any atom is 0.246 e. The van der Waals surface area contributed by atoms with Crippen LogP contribution in [-0.2, 0) is 11.3 Å². The molecule has 1 aliphatic rings. The van der Waals surface area contributed by atoms with Crippen LogP contribution in [0.2, 0.25) is 5.15 Å². The minimum atomic E-state index is -0.0601. The highest BCUT2D eigenvalue weighted by Gasteiger charge is 2.32. The first kappa shape index (κ1) is 21.1. The van der Waals surface area contributed by atoms with E-state index >= 15 is 0 Å². The number of nitrogens with one attached hydrogen (secondary N) is 2. The average Bonchev–Trinajstić information content (AvgIpc) is 3.39. The summed E-state index contributed by atoms with van der Waals surface area (Å²) in [6.07, 6.45) is 6.79. The maximum absolute atomic E-state index is 12.3. The second-order valence-electron chi connectivity index (χ2n) is 7.70. The molecule has 1 amide bonds. The zero-order chi connectivity index (χ0) is 22.1. The van der Waals surface area contributed by atoms with Gasteiger partial charge in [-0.15, -0.1) is 0 Å². The van der Waals surface area contributed by atoms with E-state index in [4.69, 9.17) is 16.6 Å². The highest BCUT2D eigenvalue weighted by atomic mass is 35.5. The highest BCUT2D eigenvalue weighted by Crippen LogP contribution is 2.33. The van der Waals surface area contributed by atoms with Gasteiger partial charge >= 0.3 is 0 Å². The Kier molecular flexibility index (Phi) is 5.81. The predicted molar refractivity (Wildman–Crippen MR) is 121 cm³/mol. The molecule has 2 atom stereocenters. The number of nitrogens with zero attached hydrogens (tertiary/aromatic N) is 7. The lowest BCUT2D eigenvalue weighted by Gasteiger charge is -2.41. The van der Waals surface area contributed by atoms with Crippen molar-refractivity contribution in [3.8, 4) is 0 Å². The summed E-state index contributed by atoms with van der Waals surface area (Å²) in [7, 11) is 1.96. The number of hydrogen-bond donors (Lipinski definition) is 2. The number of aromatic nitrogens is 6. The molecule has 4 heterocycles. The van der Waals surface area contributed by atoms with E-state index in [0.717, 1.165) is 25.1 Å². The molecule has 3 aromatic heterocycles. The zero-order valence-electron chi connectivity index (χ0n) is 17.8. The fourth-order valence-electron chi connectivity index (χ4n) is 3.92. The molecule has 0 unspecified atom stereocenters. The topological polar surface area (TPSA) is 108 Å². The molecule has 1 fully saturated rings. The molecular formula is C20H26ClN9O. The van der Waals surface area contributed by atoms with Gasteiger partial charge in [0.15, 0.2) is 5.65 Å². The predicted octanol–water partition coefficient (Wildman–Crippen LogP) is 2.97. The smallest absolute Gasteiger partial charge is 0.246 e. The third kappa shape index (κ3) is 4.07. The standard InChI is InChI=1S/C20H26ClN9O/c1-5-15(31)30-11-14(8-7-12(30)3)28(4)19-16-17(21)26-27-18(16)24-20(25-19)23-13-9-22-29(6-2)10-13/h5,9-10,12,14H,1,6-8,11H2,2-4H3,(H2,23,24,25,26,27)/t12-,14+/m0/s1. The van der Waals surface area contributed by atoms with Gasteiger partial charge in [-0.05, 0) is 32.8 Å². The quantitative estimate of drug-likeness (QED) is 0.564. The molecule has 4 rings (SSSR count). The summed E-state index contributed by atoms with van der Waals surface area (Å²) in [6, 6.07) is 0.241. The molecule has 3 aromatic rings. The van der Waals surface area contributed by atoms with E-state index in [0.29, 0.717) is 34.5 Å². The van der Waals surface area contributed by atoms with Crippen LogP contribution in [0.1, 0.15) is 26.7 Å².